The molecule has 2 atom stereocenters. The van der Waals surface area contributed by atoms with E-state index in [2.05, 4.69) is 5.32 Å². The molecule has 0 radical (unpaired) electrons. The van der Waals surface area contributed by atoms with Crippen molar-refractivity contribution in [3.63, 3.8) is 0 Å². The van der Waals surface area contributed by atoms with Crippen LogP contribution in [-0.2, 0) is 9.53 Å². The van der Waals surface area contributed by atoms with Crippen LogP contribution in [0, 0.1) is 5.92 Å². The Morgan fingerprint density at radius 1 is 1.67 bits per heavy atom. The molecule has 0 aromatic heterocycles. The molecule has 1 aliphatic rings. The first-order chi connectivity index (χ1) is 7.09. The van der Waals surface area contributed by atoms with Crippen molar-refractivity contribution in [2.75, 3.05) is 19.7 Å². The molecule has 0 aromatic carbocycles. The van der Waals surface area contributed by atoms with Crippen molar-refractivity contribution in [3.8, 4) is 0 Å². The van der Waals surface area contributed by atoms with Gasteiger partial charge in [-0.05, 0) is 25.8 Å². The van der Waals surface area contributed by atoms with Crippen LogP contribution in [0.5, 0.6) is 0 Å². The molecule has 1 saturated heterocycles. The minimum atomic E-state index is -0.849. The summed E-state index contributed by atoms with van der Waals surface area (Å²) in [5.74, 6) is -0.0396. The molecule has 15 heavy (non-hydrogen) atoms. The number of urea groups is 1. The second kappa shape index (κ2) is 5.67. The predicted octanol–water partition coefficient (Wildman–Crippen LogP) is -0.804. The van der Waals surface area contributed by atoms with Crippen LogP contribution in [0.3, 0.4) is 0 Å². The second-order valence-electron chi connectivity index (χ2n) is 3.69. The highest BCUT2D eigenvalue weighted by Gasteiger charge is 2.19. The molecule has 0 bridgehead atoms. The molecule has 1 aliphatic heterocycles. The number of rotatable bonds is 4. The van der Waals surface area contributed by atoms with Gasteiger partial charge in [-0.2, -0.15) is 0 Å². The van der Waals surface area contributed by atoms with Gasteiger partial charge < -0.3 is 15.8 Å². The Labute approximate surface area is 88.5 Å². The number of ether oxygens (including phenoxy) is 1. The van der Waals surface area contributed by atoms with Crippen molar-refractivity contribution < 1.29 is 14.3 Å². The zero-order valence-electron chi connectivity index (χ0n) is 8.79. The normalized spacial score (nSPS) is 22.3. The van der Waals surface area contributed by atoms with Crippen LogP contribution in [0.25, 0.3) is 0 Å². The number of carbonyl (C=O) groups is 2. The van der Waals surface area contributed by atoms with E-state index in [0.717, 1.165) is 19.5 Å². The fourth-order valence-corrected chi connectivity index (χ4v) is 1.44. The molecule has 6 heteroatoms. The van der Waals surface area contributed by atoms with Gasteiger partial charge in [0.25, 0.3) is 5.91 Å². The van der Waals surface area contributed by atoms with Crippen molar-refractivity contribution in [2.45, 2.75) is 19.4 Å². The topological polar surface area (TPSA) is 93.4 Å². The molecule has 3 amide bonds. The van der Waals surface area contributed by atoms with Gasteiger partial charge in [0.1, 0.15) is 6.10 Å². The Hall–Kier alpha value is -1.14. The minimum Gasteiger partial charge on any atom is -0.368 e. The van der Waals surface area contributed by atoms with E-state index in [0.29, 0.717) is 12.5 Å². The number of primary amides is 1. The van der Waals surface area contributed by atoms with E-state index >= 15 is 0 Å². The van der Waals surface area contributed by atoms with Crippen LogP contribution in [0.1, 0.15) is 13.3 Å². The number of imide groups is 1. The Morgan fingerprint density at radius 3 is 2.93 bits per heavy atom. The third-order valence-corrected chi connectivity index (χ3v) is 2.36. The lowest BCUT2D eigenvalue weighted by atomic mass is 10.1. The highest BCUT2D eigenvalue weighted by atomic mass is 16.5. The average molecular weight is 215 g/mol. The number of nitrogens with one attached hydrogen (secondary N) is 2. The van der Waals surface area contributed by atoms with E-state index in [4.69, 9.17) is 10.5 Å². The van der Waals surface area contributed by atoms with Crippen LogP contribution in [0.2, 0.25) is 0 Å². The van der Waals surface area contributed by atoms with Gasteiger partial charge in [0.05, 0.1) is 6.61 Å². The van der Waals surface area contributed by atoms with Crippen LogP contribution < -0.4 is 16.4 Å². The van der Waals surface area contributed by atoms with Crippen molar-refractivity contribution in [2.24, 2.45) is 11.7 Å². The molecule has 6 nitrogen and oxygen atoms in total. The Bertz CT molecular complexity index is 239. The molecule has 86 valence electrons. The van der Waals surface area contributed by atoms with Crippen molar-refractivity contribution >= 4 is 11.9 Å². The summed E-state index contributed by atoms with van der Waals surface area (Å²) >= 11 is 0. The summed E-state index contributed by atoms with van der Waals surface area (Å²) in [4.78, 5) is 21.6. The second-order valence-corrected chi connectivity index (χ2v) is 3.69. The summed E-state index contributed by atoms with van der Waals surface area (Å²) in [6.45, 7) is 4.04. The Kier molecular flexibility index (Phi) is 4.51. The lowest BCUT2D eigenvalue weighted by Crippen LogP contribution is -2.42. The zero-order chi connectivity index (χ0) is 11.3. The van der Waals surface area contributed by atoms with E-state index in [1.165, 1.54) is 0 Å². The molecular formula is C9H17N3O3. The highest BCUT2D eigenvalue weighted by molar-refractivity contribution is 5.95. The molecule has 1 rings (SSSR count). The Balaban J connectivity index is 2.19. The van der Waals surface area contributed by atoms with E-state index in [1.807, 2.05) is 5.32 Å². The zero-order valence-corrected chi connectivity index (χ0v) is 8.79. The average Bonchev–Trinajstić information content (AvgIpc) is 2.65. The van der Waals surface area contributed by atoms with Crippen LogP contribution in [0.15, 0.2) is 0 Å². The fourth-order valence-electron chi connectivity index (χ4n) is 1.44. The predicted molar refractivity (Wildman–Crippen MR) is 54.1 cm³/mol. The van der Waals surface area contributed by atoms with Gasteiger partial charge in [-0.25, -0.2) is 4.79 Å². The number of hydrogen-bond acceptors (Lipinski definition) is 4. The molecule has 0 saturated carbocycles. The summed E-state index contributed by atoms with van der Waals surface area (Å²) < 4.78 is 5.33. The minimum absolute atomic E-state index is 0.453. The molecule has 1 heterocycles. The standard InChI is InChI=1S/C9H17N3O3/c1-6(8(13)12-9(10)14)15-5-7-2-3-11-4-7/h6-7,11H,2-5H2,1H3,(H3,10,12,13,14). The summed E-state index contributed by atoms with van der Waals surface area (Å²) in [6, 6.07) is -0.849. The maximum absolute atomic E-state index is 11.2. The summed E-state index contributed by atoms with van der Waals surface area (Å²) in [5, 5.41) is 5.18. The quantitative estimate of drug-likeness (QED) is 0.572. The van der Waals surface area contributed by atoms with E-state index < -0.39 is 18.0 Å². The van der Waals surface area contributed by atoms with E-state index in [-0.39, 0.29) is 0 Å². The van der Waals surface area contributed by atoms with Crippen LogP contribution >= 0.6 is 0 Å². The molecule has 0 spiro atoms. The number of nitrogens with two attached hydrogens (primary N) is 1. The summed E-state index contributed by atoms with van der Waals surface area (Å²) in [7, 11) is 0. The lowest BCUT2D eigenvalue weighted by Gasteiger charge is -2.14. The molecule has 4 N–H and O–H groups in total. The Morgan fingerprint density at radius 2 is 2.40 bits per heavy atom. The van der Waals surface area contributed by atoms with Gasteiger partial charge in [0.2, 0.25) is 0 Å². The molecular weight excluding hydrogens is 198 g/mol. The van der Waals surface area contributed by atoms with E-state index in [1.54, 1.807) is 6.92 Å². The molecule has 1 fully saturated rings. The fraction of sp³-hybridized carbons (Fsp3) is 0.778. The maximum atomic E-state index is 11.2. The van der Waals surface area contributed by atoms with Gasteiger partial charge >= 0.3 is 6.03 Å². The van der Waals surface area contributed by atoms with Crippen LogP contribution in [-0.4, -0.2) is 37.7 Å². The van der Waals surface area contributed by atoms with Gasteiger partial charge in [0, 0.05) is 6.54 Å². The third kappa shape index (κ3) is 4.26. The number of amides is 3. The number of carbonyl (C=O) groups excluding carboxylic acids is 2. The first-order valence-corrected chi connectivity index (χ1v) is 5.02. The van der Waals surface area contributed by atoms with Gasteiger partial charge in [-0.3, -0.25) is 10.1 Å². The molecule has 0 aromatic rings. The van der Waals surface area contributed by atoms with Crippen molar-refractivity contribution in [1.29, 1.82) is 0 Å². The third-order valence-electron chi connectivity index (χ3n) is 2.36. The SMILES string of the molecule is CC(OCC1CCNC1)C(=O)NC(N)=O. The van der Waals surface area contributed by atoms with Crippen molar-refractivity contribution in [1.82, 2.24) is 10.6 Å². The van der Waals surface area contributed by atoms with Crippen molar-refractivity contribution in [3.05, 3.63) is 0 Å². The largest absolute Gasteiger partial charge is 0.368 e. The monoisotopic (exact) mass is 215 g/mol. The summed E-state index contributed by atoms with van der Waals surface area (Å²) in [5.41, 5.74) is 4.81. The first kappa shape index (κ1) is 11.9. The molecule has 0 aliphatic carbocycles. The van der Waals surface area contributed by atoms with Gasteiger partial charge in [0.15, 0.2) is 0 Å². The van der Waals surface area contributed by atoms with Gasteiger partial charge in [-0.15, -0.1) is 0 Å². The summed E-state index contributed by atoms with van der Waals surface area (Å²) in [6.07, 6.45) is 0.419. The first-order valence-electron chi connectivity index (χ1n) is 5.02. The highest BCUT2D eigenvalue weighted by Crippen LogP contribution is 2.08. The smallest absolute Gasteiger partial charge is 0.318 e. The van der Waals surface area contributed by atoms with Gasteiger partial charge in [-0.1, -0.05) is 0 Å². The number of hydrogen-bond donors (Lipinski definition) is 3. The lowest BCUT2D eigenvalue weighted by molar-refractivity contribution is -0.131. The maximum Gasteiger partial charge on any atom is 0.318 e. The van der Waals surface area contributed by atoms with Crippen LogP contribution in [0.4, 0.5) is 4.79 Å². The van der Waals surface area contributed by atoms with E-state index in [9.17, 15) is 9.59 Å². The molecule has 2 unspecified atom stereocenters.